The van der Waals surface area contributed by atoms with E-state index in [9.17, 15) is 5.11 Å². The zero-order chi connectivity index (χ0) is 18.4. The Bertz CT molecular complexity index is 904. The van der Waals surface area contributed by atoms with E-state index in [1.54, 1.807) is 23.2 Å². The molecule has 4 nitrogen and oxygen atoms in total. The Hall–Kier alpha value is -2.04. The standard InChI is InChI=1S/C19H19Cl2N3O/c1-19(2)14-9-12(20)5-7-16(14)23(3)18(19)11-22-24(4)13-6-8-17(25)15(21)10-13/h5-11H,1-4H3/p+1. The van der Waals surface area contributed by atoms with Gasteiger partial charge in [-0.25, -0.2) is 0 Å². The van der Waals surface area contributed by atoms with E-state index in [-0.39, 0.29) is 11.2 Å². The minimum absolute atomic E-state index is 0.0566. The SMILES string of the molecule is CN(N=CC1=[N+](C)c2ccc(Cl)cc2C1(C)C)c1ccc(O)c(Cl)c1. The van der Waals surface area contributed by atoms with Crippen LogP contribution in [0.2, 0.25) is 10.0 Å². The predicted molar refractivity (Wildman–Crippen MR) is 105 cm³/mol. The lowest BCUT2D eigenvalue weighted by Crippen LogP contribution is -2.30. The maximum Gasteiger partial charge on any atom is 0.212 e. The lowest BCUT2D eigenvalue weighted by Gasteiger charge is -2.17. The van der Waals surface area contributed by atoms with Crippen molar-refractivity contribution in [2.75, 3.05) is 19.1 Å². The van der Waals surface area contributed by atoms with Crippen LogP contribution in [0.5, 0.6) is 5.75 Å². The number of hydrogen-bond donors (Lipinski definition) is 1. The molecule has 0 atom stereocenters. The summed E-state index contributed by atoms with van der Waals surface area (Å²) in [5, 5.41) is 16.8. The summed E-state index contributed by atoms with van der Waals surface area (Å²) in [6.07, 6.45) is 1.86. The van der Waals surface area contributed by atoms with Crippen LogP contribution in [0.4, 0.5) is 11.4 Å². The van der Waals surface area contributed by atoms with Gasteiger partial charge in [-0.05, 0) is 44.2 Å². The van der Waals surface area contributed by atoms with Crippen molar-refractivity contribution in [3.8, 4) is 5.75 Å². The van der Waals surface area contributed by atoms with Gasteiger partial charge >= 0.3 is 0 Å². The van der Waals surface area contributed by atoms with Crippen LogP contribution in [0.25, 0.3) is 0 Å². The van der Waals surface area contributed by atoms with Gasteiger partial charge in [-0.2, -0.15) is 9.68 Å². The Kier molecular flexibility index (Phi) is 4.52. The minimum atomic E-state index is -0.202. The normalized spacial score (nSPS) is 15.8. The van der Waals surface area contributed by atoms with Gasteiger partial charge in [0.25, 0.3) is 0 Å². The second-order valence-corrected chi connectivity index (χ2v) is 7.48. The molecular weight excluding hydrogens is 357 g/mol. The summed E-state index contributed by atoms with van der Waals surface area (Å²) in [7, 11) is 3.87. The number of aromatic hydroxyl groups is 1. The molecule has 3 rings (SSSR count). The molecule has 0 unspecified atom stereocenters. The molecule has 0 aliphatic carbocycles. The molecule has 2 aromatic rings. The first-order valence-electron chi connectivity index (χ1n) is 7.89. The van der Waals surface area contributed by atoms with Crippen LogP contribution in [0, 0.1) is 0 Å². The maximum atomic E-state index is 9.54. The van der Waals surface area contributed by atoms with Crippen LogP contribution >= 0.6 is 23.2 Å². The smallest absolute Gasteiger partial charge is 0.212 e. The molecule has 1 heterocycles. The minimum Gasteiger partial charge on any atom is -0.506 e. The van der Waals surface area contributed by atoms with Gasteiger partial charge in [0.1, 0.15) is 19.0 Å². The maximum absolute atomic E-state index is 9.54. The van der Waals surface area contributed by atoms with Gasteiger partial charge in [0.2, 0.25) is 11.4 Å². The van der Waals surface area contributed by atoms with Gasteiger partial charge in [0.15, 0.2) is 0 Å². The van der Waals surface area contributed by atoms with Crippen LogP contribution in [0.15, 0.2) is 41.5 Å². The summed E-state index contributed by atoms with van der Waals surface area (Å²) in [5.41, 5.74) is 3.97. The van der Waals surface area contributed by atoms with E-state index in [0.29, 0.717) is 5.02 Å². The molecule has 6 heteroatoms. The second-order valence-electron chi connectivity index (χ2n) is 6.63. The van der Waals surface area contributed by atoms with Crippen LogP contribution in [-0.4, -0.2) is 35.7 Å². The van der Waals surface area contributed by atoms with Crippen LogP contribution in [0.3, 0.4) is 0 Å². The molecule has 0 spiro atoms. The average Bonchev–Trinajstić information content (AvgIpc) is 2.74. The van der Waals surface area contributed by atoms with Crippen LogP contribution < -0.4 is 5.01 Å². The monoisotopic (exact) mass is 376 g/mol. The number of fused-ring (bicyclic) bond motifs is 1. The third-order valence-electron chi connectivity index (χ3n) is 4.65. The molecule has 1 aliphatic rings. The van der Waals surface area contributed by atoms with Crippen LogP contribution in [-0.2, 0) is 5.41 Å². The Morgan fingerprint density at radius 1 is 1.16 bits per heavy atom. The Morgan fingerprint density at radius 2 is 1.88 bits per heavy atom. The molecule has 0 radical (unpaired) electrons. The largest absolute Gasteiger partial charge is 0.506 e. The van der Waals surface area contributed by atoms with Gasteiger partial charge in [0, 0.05) is 23.7 Å². The summed E-state index contributed by atoms with van der Waals surface area (Å²) in [4.78, 5) is 0. The van der Waals surface area contributed by atoms with Crippen molar-refractivity contribution in [1.82, 2.24) is 0 Å². The van der Waals surface area contributed by atoms with Crippen molar-refractivity contribution in [2.45, 2.75) is 19.3 Å². The highest BCUT2D eigenvalue weighted by atomic mass is 35.5. The molecule has 130 valence electrons. The lowest BCUT2D eigenvalue weighted by molar-refractivity contribution is -0.400. The van der Waals surface area contributed by atoms with Gasteiger partial charge in [0.05, 0.1) is 16.1 Å². The van der Waals surface area contributed by atoms with E-state index in [1.165, 1.54) is 5.56 Å². The highest BCUT2D eigenvalue weighted by molar-refractivity contribution is 6.34. The quantitative estimate of drug-likeness (QED) is 0.473. The van der Waals surface area contributed by atoms with Crippen LogP contribution in [0.1, 0.15) is 19.4 Å². The number of hydrogen-bond acceptors (Lipinski definition) is 3. The number of anilines is 1. The highest BCUT2D eigenvalue weighted by Crippen LogP contribution is 2.39. The Balaban J connectivity index is 1.93. The molecule has 0 fully saturated rings. The number of nitrogens with zero attached hydrogens (tertiary/aromatic N) is 3. The molecule has 2 aromatic carbocycles. The van der Waals surface area contributed by atoms with Gasteiger partial charge in [-0.1, -0.05) is 23.2 Å². The van der Waals surface area contributed by atoms with Gasteiger partial charge in [-0.15, -0.1) is 0 Å². The summed E-state index contributed by atoms with van der Waals surface area (Å²) in [6, 6.07) is 10.9. The van der Waals surface area contributed by atoms with Crippen molar-refractivity contribution < 1.29 is 9.68 Å². The third kappa shape index (κ3) is 3.12. The topological polar surface area (TPSA) is 38.8 Å². The lowest BCUT2D eigenvalue weighted by atomic mass is 9.82. The molecule has 0 saturated carbocycles. The predicted octanol–water partition coefficient (Wildman–Crippen LogP) is 4.83. The number of phenolic OH excluding ortho intramolecular Hbond substituents is 1. The van der Waals surface area contributed by atoms with Crippen molar-refractivity contribution in [3.63, 3.8) is 0 Å². The summed E-state index contributed by atoms with van der Waals surface area (Å²) >= 11 is 12.2. The Morgan fingerprint density at radius 3 is 2.56 bits per heavy atom. The molecule has 0 saturated heterocycles. The van der Waals surface area contributed by atoms with E-state index in [2.05, 4.69) is 23.5 Å². The molecule has 25 heavy (non-hydrogen) atoms. The van der Waals surface area contributed by atoms with Crippen molar-refractivity contribution in [2.24, 2.45) is 5.10 Å². The van der Waals surface area contributed by atoms with Crippen molar-refractivity contribution in [1.29, 1.82) is 0 Å². The first-order valence-corrected chi connectivity index (χ1v) is 8.65. The average molecular weight is 377 g/mol. The Labute approximate surface area is 157 Å². The van der Waals surface area contributed by atoms with E-state index in [4.69, 9.17) is 23.2 Å². The highest BCUT2D eigenvalue weighted by Gasteiger charge is 2.43. The summed E-state index contributed by atoms with van der Waals surface area (Å²) < 4.78 is 2.13. The molecule has 0 bridgehead atoms. The molecule has 1 aliphatic heterocycles. The first kappa shape index (κ1) is 17.8. The van der Waals surface area contributed by atoms with E-state index in [1.807, 2.05) is 38.5 Å². The fourth-order valence-electron chi connectivity index (χ4n) is 3.14. The van der Waals surface area contributed by atoms with Crippen molar-refractivity contribution >= 4 is 46.5 Å². The van der Waals surface area contributed by atoms with Crippen molar-refractivity contribution in [3.05, 3.63) is 52.0 Å². The third-order valence-corrected chi connectivity index (χ3v) is 5.19. The number of halogens is 2. The molecular formula is C19H20Cl2N3O+. The van der Waals surface area contributed by atoms with E-state index in [0.717, 1.165) is 22.1 Å². The molecule has 0 amide bonds. The van der Waals surface area contributed by atoms with E-state index < -0.39 is 0 Å². The fourth-order valence-corrected chi connectivity index (χ4v) is 3.49. The number of hydrazone groups is 1. The number of benzene rings is 2. The van der Waals surface area contributed by atoms with Gasteiger partial charge in [-0.3, -0.25) is 5.01 Å². The number of phenols is 1. The fraction of sp³-hybridized carbons (Fsp3) is 0.263. The van der Waals surface area contributed by atoms with E-state index >= 15 is 0 Å². The zero-order valence-electron chi connectivity index (χ0n) is 14.6. The van der Waals surface area contributed by atoms with Gasteiger partial charge < -0.3 is 5.11 Å². The summed E-state index contributed by atoms with van der Waals surface area (Å²) in [6.45, 7) is 4.31. The number of rotatable bonds is 3. The summed E-state index contributed by atoms with van der Waals surface area (Å²) in [5.74, 6) is 0.0566. The first-order chi connectivity index (χ1) is 11.7. The second kappa shape index (κ2) is 6.36. The molecule has 1 N–H and O–H groups in total. The molecule has 0 aromatic heterocycles. The zero-order valence-corrected chi connectivity index (χ0v) is 16.1.